The fourth-order valence-electron chi connectivity index (χ4n) is 0.635. The summed E-state index contributed by atoms with van der Waals surface area (Å²) in [5.41, 5.74) is 0. The molecule has 48 valence electrons. The lowest BCUT2D eigenvalue weighted by Gasteiger charge is -2.01. The fraction of sp³-hybridized carbons (Fsp3) is 0.857. The van der Waals surface area contributed by atoms with Gasteiger partial charge < -0.3 is 4.79 Å². The molecule has 0 aliphatic carbocycles. The number of carbonyl (C=O) groups is 1. The van der Waals surface area contributed by atoms with Crippen LogP contribution in [0.25, 0.3) is 0 Å². The van der Waals surface area contributed by atoms with Crippen molar-refractivity contribution in [1.29, 1.82) is 0 Å². The maximum atomic E-state index is 10.4. The Morgan fingerprint density at radius 1 is 1.62 bits per heavy atom. The van der Waals surface area contributed by atoms with E-state index in [4.69, 9.17) is 0 Å². The first-order chi connectivity index (χ1) is 3.66. The average Bonchev–Trinajstić information content (AvgIpc) is 1.65. The molecule has 0 bridgehead atoms. The second-order valence-electron chi connectivity index (χ2n) is 2.42. The van der Waals surface area contributed by atoms with Gasteiger partial charge in [-0.05, 0) is 12.8 Å². The number of carbonyl (C=O) groups excluding carboxylic acids is 1. The molecule has 1 atom stereocenters. The Morgan fingerprint density at radius 2 is 2.12 bits per heavy atom. The van der Waals surface area contributed by atoms with Crippen molar-refractivity contribution in [3.63, 3.8) is 0 Å². The van der Waals surface area contributed by atoms with Gasteiger partial charge in [-0.1, -0.05) is 20.3 Å². The third kappa shape index (κ3) is 3.85. The molecule has 0 fully saturated rings. The summed E-state index contributed by atoms with van der Waals surface area (Å²) >= 11 is 0. The van der Waals surface area contributed by atoms with E-state index in [0.717, 1.165) is 12.8 Å². The fourth-order valence-corrected chi connectivity index (χ4v) is 0.635. The lowest BCUT2D eigenvalue weighted by molar-refractivity contribution is -0.117. The van der Waals surface area contributed by atoms with Crippen molar-refractivity contribution >= 4 is 5.78 Å². The molecule has 8 heavy (non-hydrogen) atoms. The van der Waals surface area contributed by atoms with E-state index in [1.165, 1.54) is 0 Å². The highest BCUT2D eigenvalue weighted by Crippen LogP contribution is 2.05. The molecule has 0 N–H and O–H groups in total. The van der Waals surface area contributed by atoms with Crippen LogP contribution in [0, 0.1) is 5.92 Å². The molecule has 1 heteroatoms. The summed E-state index contributed by atoms with van der Waals surface area (Å²) in [6, 6.07) is 0. The van der Waals surface area contributed by atoms with Crippen molar-refractivity contribution in [3.05, 3.63) is 0 Å². The van der Waals surface area contributed by atoms with Crippen molar-refractivity contribution in [3.8, 4) is 0 Å². The molecule has 0 aliphatic rings. The van der Waals surface area contributed by atoms with Gasteiger partial charge in [0.25, 0.3) is 0 Å². The Bertz CT molecular complexity index is 76.5. The zero-order valence-corrected chi connectivity index (χ0v) is 5.90. The SMILES string of the molecule is CC[C@H](C)CC(C)=O. The second-order valence-corrected chi connectivity index (χ2v) is 2.42. The van der Waals surface area contributed by atoms with Crippen molar-refractivity contribution in [2.24, 2.45) is 5.92 Å². The quantitative estimate of drug-likeness (QED) is 0.548. The molecule has 0 aromatic rings. The summed E-state index contributed by atoms with van der Waals surface area (Å²) in [5, 5.41) is 0. The highest BCUT2D eigenvalue weighted by atomic mass is 16.1. The van der Waals surface area contributed by atoms with Crippen molar-refractivity contribution in [2.75, 3.05) is 0 Å². The van der Waals surface area contributed by atoms with Crippen LogP contribution in [0.3, 0.4) is 0 Å². The molecular weight excluding hydrogens is 100 g/mol. The molecule has 0 heterocycles. The van der Waals surface area contributed by atoms with Gasteiger partial charge in [0.15, 0.2) is 0 Å². The van der Waals surface area contributed by atoms with Gasteiger partial charge in [0.05, 0.1) is 0 Å². The molecule has 0 saturated carbocycles. The zero-order valence-electron chi connectivity index (χ0n) is 5.90. The van der Waals surface area contributed by atoms with Crippen molar-refractivity contribution < 1.29 is 4.79 Å². The minimum atomic E-state index is 0.305. The zero-order chi connectivity index (χ0) is 6.57. The number of hydrogen-bond acceptors (Lipinski definition) is 1. The largest absolute Gasteiger partial charge is 0.300 e. The summed E-state index contributed by atoms with van der Waals surface area (Å²) < 4.78 is 0. The van der Waals surface area contributed by atoms with Crippen molar-refractivity contribution in [1.82, 2.24) is 0 Å². The second kappa shape index (κ2) is 3.65. The number of rotatable bonds is 3. The summed E-state index contributed by atoms with van der Waals surface area (Å²) in [6.07, 6.45) is 1.86. The number of hydrogen-bond donors (Lipinski definition) is 0. The highest BCUT2D eigenvalue weighted by Gasteiger charge is 2.00. The summed E-state index contributed by atoms with van der Waals surface area (Å²) in [6.45, 7) is 5.85. The van der Waals surface area contributed by atoms with E-state index in [1.807, 2.05) is 0 Å². The Hall–Kier alpha value is -0.330. The van der Waals surface area contributed by atoms with Crippen LogP contribution in [0.2, 0.25) is 0 Å². The van der Waals surface area contributed by atoms with Gasteiger partial charge in [0, 0.05) is 6.42 Å². The molecular formula is C7H14O. The minimum Gasteiger partial charge on any atom is -0.300 e. The van der Waals surface area contributed by atoms with Gasteiger partial charge in [0.2, 0.25) is 0 Å². The Morgan fingerprint density at radius 3 is 2.25 bits per heavy atom. The molecule has 0 rings (SSSR count). The van der Waals surface area contributed by atoms with E-state index >= 15 is 0 Å². The van der Waals surface area contributed by atoms with Crippen LogP contribution in [-0.2, 0) is 4.79 Å². The Kier molecular flexibility index (Phi) is 3.49. The lowest BCUT2D eigenvalue weighted by atomic mass is 10.0. The van der Waals surface area contributed by atoms with Crippen LogP contribution in [0.1, 0.15) is 33.6 Å². The predicted octanol–water partition coefficient (Wildman–Crippen LogP) is 2.01. The minimum absolute atomic E-state index is 0.305. The molecule has 0 unspecified atom stereocenters. The van der Waals surface area contributed by atoms with Crippen LogP contribution >= 0.6 is 0 Å². The maximum absolute atomic E-state index is 10.4. The lowest BCUT2D eigenvalue weighted by Crippen LogP contribution is -1.98. The molecule has 0 aromatic heterocycles. The topological polar surface area (TPSA) is 17.1 Å². The standard InChI is InChI=1S/C7H14O/c1-4-6(2)5-7(3)8/h6H,4-5H2,1-3H3/t6-/m0/s1. The Balaban J connectivity index is 3.24. The van der Waals surface area contributed by atoms with E-state index in [-0.39, 0.29) is 0 Å². The summed E-state index contributed by atoms with van der Waals surface area (Å²) in [4.78, 5) is 10.4. The normalized spacial score (nSPS) is 13.4. The molecule has 0 aliphatic heterocycles. The first-order valence-corrected chi connectivity index (χ1v) is 3.16. The van der Waals surface area contributed by atoms with Gasteiger partial charge in [-0.25, -0.2) is 0 Å². The van der Waals surface area contributed by atoms with E-state index in [2.05, 4.69) is 13.8 Å². The smallest absolute Gasteiger partial charge is 0.130 e. The first kappa shape index (κ1) is 7.67. The van der Waals surface area contributed by atoms with E-state index in [1.54, 1.807) is 6.92 Å². The van der Waals surface area contributed by atoms with E-state index in [0.29, 0.717) is 11.7 Å². The van der Waals surface area contributed by atoms with Crippen LogP contribution in [0.15, 0.2) is 0 Å². The maximum Gasteiger partial charge on any atom is 0.130 e. The number of Topliss-reactive ketones (excluding diaryl/α,β-unsaturated/α-hetero) is 1. The third-order valence-electron chi connectivity index (χ3n) is 1.33. The van der Waals surface area contributed by atoms with Crippen LogP contribution in [0.4, 0.5) is 0 Å². The van der Waals surface area contributed by atoms with E-state index in [9.17, 15) is 4.79 Å². The molecule has 0 saturated heterocycles. The van der Waals surface area contributed by atoms with Crippen LogP contribution in [0.5, 0.6) is 0 Å². The Labute approximate surface area is 51.1 Å². The first-order valence-electron chi connectivity index (χ1n) is 3.16. The molecule has 1 nitrogen and oxygen atoms in total. The van der Waals surface area contributed by atoms with Gasteiger partial charge >= 0.3 is 0 Å². The van der Waals surface area contributed by atoms with Gasteiger partial charge in [-0.2, -0.15) is 0 Å². The molecule has 0 aromatic carbocycles. The molecule has 0 radical (unpaired) electrons. The summed E-state index contributed by atoms with van der Waals surface area (Å²) in [5.74, 6) is 0.881. The predicted molar refractivity (Wildman–Crippen MR) is 34.8 cm³/mol. The van der Waals surface area contributed by atoms with Crippen molar-refractivity contribution in [2.45, 2.75) is 33.6 Å². The average molecular weight is 114 g/mol. The van der Waals surface area contributed by atoms with Crippen LogP contribution in [-0.4, -0.2) is 5.78 Å². The van der Waals surface area contributed by atoms with Gasteiger partial charge in [0.1, 0.15) is 5.78 Å². The highest BCUT2D eigenvalue weighted by molar-refractivity contribution is 5.75. The monoisotopic (exact) mass is 114 g/mol. The van der Waals surface area contributed by atoms with E-state index < -0.39 is 0 Å². The van der Waals surface area contributed by atoms with Crippen LogP contribution < -0.4 is 0 Å². The van der Waals surface area contributed by atoms with Gasteiger partial charge in [-0.3, -0.25) is 0 Å². The molecule has 0 amide bonds. The third-order valence-corrected chi connectivity index (χ3v) is 1.33. The molecule has 0 spiro atoms. The van der Waals surface area contributed by atoms with Gasteiger partial charge in [-0.15, -0.1) is 0 Å². The number of ketones is 1. The summed E-state index contributed by atoms with van der Waals surface area (Å²) in [7, 11) is 0.